The number of benzene rings is 2. The van der Waals surface area contributed by atoms with Crippen LogP contribution in [0.2, 0.25) is 10.0 Å². The number of hydrogen-bond acceptors (Lipinski definition) is 3. The van der Waals surface area contributed by atoms with E-state index < -0.39 is 15.9 Å². The molecule has 0 aliphatic carbocycles. The van der Waals surface area contributed by atoms with Crippen molar-refractivity contribution in [1.29, 1.82) is 0 Å². The van der Waals surface area contributed by atoms with Gasteiger partial charge in [-0.25, -0.2) is 13.1 Å². The number of amides is 1. The molecule has 0 aliphatic rings. The van der Waals surface area contributed by atoms with Gasteiger partial charge in [0.2, 0.25) is 15.9 Å². The smallest absolute Gasteiger partial charge is 0.239 e. The first kappa shape index (κ1) is 17.7. The van der Waals surface area contributed by atoms with Crippen molar-refractivity contribution in [2.75, 3.05) is 11.9 Å². The fourth-order valence-corrected chi connectivity index (χ4v) is 3.50. The molecule has 0 unspecified atom stereocenters. The average Bonchev–Trinajstić information content (AvgIpc) is 2.45. The Hall–Kier alpha value is -1.60. The first-order valence-electron chi connectivity index (χ1n) is 6.61. The molecule has 1 amide bonds. The summed E-state index contributed by atoms with van der Waals surface area (Å²) < 4.78 is 26.2. The number of para-hydroxylation sites is 1. The Morgan fingerprint density at radius 3 is 2.22 bits per heavy atom. The highest BCUT2D eigenvalue weighted by Gasteiger charge is 2.14. The van der Waals surface area contributed by atoms with Crippen molar-refractivity contribution in [2.45, 2.75) is 5.75 Å². The Morgan fingerprint density at radius 1 is 1.00 bits per heavy atom. The molecule has 0 atom stereocenters. The molecule has 2 aromatic rings. The summed E-state index contributed by atoms with van der Waals surface area (Å²) >= 11 is 11.7. The van der Waals surface area contributed by atoms with E-state index in [1.54, 1.807) is 24.3 Å². The van der Waals surface area contributed by atoms with Crippen LogP contribution in [0.25, 0.3) is 0 Å². The highest BCUT2D eigenvalue weighted by atomic mass is 35.5. The molecule has 0 bridgehead atoms. The summed E-state index contributed by atoms with van der Waals surface area (Å²) in [4.78, 5) is 11.7. The molecule has 2 rings (SSSR count). The van der Waals surface area contributed by atoms with Crippen LogP contribution >= 0.6 is 23.2 Å². The largest absolute Gasteiger partial charge is 0.325 e. The fraction of sp³-hybridized carbons (Fsp3) is 0.133. The average molecular weight is 373 g/mol. The lowest BCUT2D eigenvalue weighted by molar-refractivity contribution is -0.115. The lowest BCUT2D eigenvalue weighted by Crippen LogP contribution is -2.33. The lowest BCUT2D eigenvalue weighted by Gasteiger charge is -2.08. The van der Waals surface area contributed by atoms with Crippen LogP contribution < -0.4 is 10.0 Å². The zero-order valence-electron chi connectivity index (χ0n) is 11.9. The highest BCUT2D eigenvalue weighted by molar-refractivity contribution is 7.88. The van der Waals surface area contributed by atoms with Crippen molar-refractivity contribution in [3.63, 3.8) is 0 Å². The number of rotatable bonds is 6. The summed E-state index contributed by atoms with van der Waals surface area (Å²) in [5.41, 5.74) is 1.04. The summed E-state index contributed by atoms with van der Waals surface area (Å²) in [7, 11) is -3.68. The molecule has 0 radical (unpaired) electrons. The van der Waals surface area contributed by atoms with Gasteiger partial charge in [-0.1, -0.05) is 41.4 Å². The molecule has 2 N–H and O–H groups in total. The van der Waals surface area contributed by atoms with Crippen LogP contribution in [0.15, 0.2) is 48.5 Å². The van der Waals surface area contributed by atoms with Gasteiger partial charge in [0.25, 0.3) is 0 Å². The third-order valence-corrected chi connectivity index (χ3v) is 4.52. The van der Waals surface area contributed by atoms with Crippen LogP contribution in [0, 0.1) is 0 Å². The zero-order valence-corrected chi connectivity index (χ0v) is 14.3. The lowest BCUT2D eigenvalue weighted by atomic mass is 10.2. The minimum Gasteiger partial charge on any atom is -0.325 e. The molecular weight excluding hydrogens is 359 g/mol. The molecule has 5 nitrogen and oxygen atoms in total. The maximum Gasteiger partial charge on any atom is 0.239 e. The molecule has 2 aromatic carbocycles. The topological polar surface area (TPSA) is 75.3 Å². The SMILES string of the molecule is O=C(CNS(=O)(=O)Cc1cc(Cl)cc(Cl)c1)Nc1ccccc1. The van der Waals surface area contributed by atoms with Crippen molar-refractivity contribution in [3.8, 4) is 0 Å². The molecule has 0 heterocycles. The van der Waals surface area contributed by atoms with Crippen LogP contribution in [0.4, 0.5) is 5.69 Å². The molecule has 0 spiro atoms. The van der Waals surface area contributed by atoms with Crippen LogP contribution in [0.3, 0.4) is 0 Å². The molecule has 0 saturated heterocycles. The standard InChI is InChI=1S/C15H14Cl2N2O3S/c16-12-6-11(7-13(17)8-12)10-23(21,22)18-9-15(20)19-14-4-2-1-3-5-14/h1-8,18H,9-10H2,(H,19,20). The summed E-state index contributed by atoms with van der Waals surface area (Å²) in [6.45, 7) is -0.356. The van der Waals surface area contributed by atoms with Gasteiger partial charge in [-0.15, -0.1) is 0 Å². The molecule has 0 aliphatic heterocycles. The maximum atomic E-state index is 12.0. The van der Waals surface area contributed by atoms with Gasteiger partial charge in [-0.3, -0.25) is 4.79 Å². The van der Waals surface area contributed by atoms with E-state index >= 15 is 0 Å². The monoisotopic (exact) mass is 372 g/mol. The molecule has 23 heavy (non-hydrogen) atoms. The van der Waals surface area contributed by atoms with Gasteiger partial charge < -0.3 is 5.32 Å². The highest BCUT2D eigenvalue weighted by Crippen LogP contribution is 2.20. The summed E-state index contributed by atoms with van der Waals surface area (Å²) in [6.07, 6.45) is 0. The van der Waals surface area contributed by atoms with Gasteiger partial charge >= 0.3 is 0 Å². The molecule has 0 saturated carbocycles. The van der Waals surface area contributed by atoms with Crippen LogP contribution in [-0.2, 0) is 20.6 Å². The van der Waals surface area contributed by atoms with Gasteiger partial charge in [0, 0.05) is 15.7 Å². The van der Waals surface area contributed by atoms with E-state index in [1.807, 2.05) is 6.07 Å². The molecule has 122 valence electrons. The predicted molar refractivity (Wildman–Crippen MR) is 92.2 cm³/mol. The summed E-state index contributed by atoms with van der Waals surface area (Å²) in [5, 5.41) is 3.29. The van der Waals surface area contributed by atoms with E-state index in [-0.39, 0.29) is 12.3 Å². The quantitative estimate of drug-likeness (QED) is 0.817. The van der Waals surface area contributed by atoms with E-state index in [4.69, 9.17) is 23.2 Å². The Morgan fingerprint density at radius 2 is 1.61 bits per heavy atom. The number of nitrogens with one attached hydrogen (secondary N) is 2. The number of anilines is 1. The number of carbonyl (C=O) groups excluding carboxylic acids is 1. The van der Waals surface area contributed by atoms with E-state index in [0.29, 0.717) is 21.3 Å². The number of halogens is 2. The number of hydrogen-bond donors (Lipinski definition) is 2. The van der Waals surface area contributed by atoms with Crippen molar-refractivity contribution < 1.29 is 13.2 Å². The Bertz CT molecular complexity index is 775. The van der Waals surface area contributed by atoms with Gasteiger partial charge in [-0.2, -0.15) is 0 Å². The van der Waals surface area contributed by atoms with Gasteiger partial charge in [-0.05, 0) is 35.9 Å². The first-order valence-corrected chi connectivity index (χ1v) is 9.02. The molecule has 0 aromatic heterocycles. The van der Waals surface area contributed by atoms with E-state index in [9.17, 15) is 13.2 Å². The van der Waals surface area contributed by atoms with Crippen molar-refractivity contribution in [1.82, 2.24) is 4.72 Å². The van der Waals surface area contributed by atoms with E-state index in [0.717, 1.165) is 0 Å². The maximum absolute atomic E-state index is 12.0. The third kappa shape index (κ3) is 6.19. The molecule has 0 fully saturated rings. The minimum atomic E-state index is -3.68. The predicted octanol–water partition coefficient (Wildman–Crippen LogP) is 3.05. The Balaban J connectivity index is 1.92. The fourth-order valence-electron chi connectivity index (χ4n) is 1.87. The molecular formula is C15H14Cl2N2O3S. The van der Waals surface area contributed by atoms with Crippen molar-refractivity contribution in [3.05, 3.63) is 64.1 Å². The van der Waals surface area contributed by atoms with Gasteiger partial charge in [0.05, 0.1) is 12.3 Å². The summed E-state index contributed by atoms with van der Waals surface area (Å²) in [6, 6.07) is 13.3. The van der Waals surface area contributed by atoms with E-state index in [1.165, 1.54) is 18.2 Å². The summed E-state index contributed by atoms with van der Waals surface area (Å²) in [5.74, 6) is -0.768. The number of sulfonamides is 1. The van der Waals surface area contributed by atoms with Crippen molar-refractivity contribution in [2.24, 2.45) is 0 Å². The third-order valence-electron chi connectivity index (χ3n) is 2.79. The Labute approximate surface area is 144 Å². The number of carbonyl (C=O) groups is 1. The second-order valence-electron chi connectivity index (χ2n) is 4.77. The Kier molecular flexibility index (Phi) is 6.01. The van der Waals surface area contributed by atoms with E-state index in [2.05, 4.69) is 10.0 Å². The van der Waals surface area contributed by atoms with Crippen molar-refractivity contribution >= 4 is 44.8 Å². The minimum absolute atomic E-state index is 0.314. The first-order chi connectivity index (χ1) is 10.8. The second kappa shape index (κ2) is 7.79. The van der Waals surface area contributed by atoms with Crippen LogP contribution in [-0.4, -0.2) is 20.9 Å². The van der Waals surface area contributed by atoms with Gasteiger partial charge in [0.1, 0.15) is 0 Å². The second-order valence-corrected chi connectivity index (χ2v) is 7.45. The van der Waals surface area contributed by atoms with Gasteiger partial charge in [0.15, 0.2) is 0 Å². The zero-order chi connectivity index (χ0) is 16.9. The van der Waals surface area contributed by atoms with Crippen LogP contribution in [0.5, 0.6) is 0 Å². The normalized spacial score (nSPS) is 11.2. The molecule has 8 heteroatoms. The van der Waals surface area contributed by atoms with Crippen LogP contribution in [0.1, 0.15) is 5.56 Å².